The summed E-state index contributed by atoms with van der Waals surface area (Å²) in [7, 11) is 3.16. The van der Waals surface area contributed by atoms with Crippen LogP contribution in [0.3, 0.4) is 0 Å². The van der Waals surface area contributed by atoms with Gasteiger partial charge in [0.25, 0.3) is 5.91 Å². The second-order valence-corrected chi connectivity index (χ2v) is 7.23. The zero-order chi connectivity index (χ0) is 22.7. The summed E-state index contributed by atoms with van der Waals surface area (Å²) in [5, 5.41) is 0. The monoisotopic (exact) mass is 426 g/mol. The second kappa shape index (κ2) is 8.86. The van der Waals surface area contributed by atoms with E-state index in [1.54, 1.807) is 50.7 Å². The van der Waals surface area contributed by atoms with Crippen LogP contribution in [-0.4, -0.2) is 30.8 Å². The highest BCUT2D eigenvalue weighted by molar-refractivity contribution is 6.36. The number of ether oxygens (including phenoxy) is 1. The van der Waals surface area contributed by atoms with Crippen molar-refractivity contribution in [2.45, 2.75) is 6.42 Å². The first-order valence-corrected chi connectivity index (χ1v) is 9.88. The molecule has 158 valence electrons. The lowest BCUT2D eigenvalue weighted by Crippen LogP contribution is -2.36. The van der Waals surface area contributed by atoms with Crippen molar-refractivity contribution in [2.24, 2.45) is 0 Å². The van der Waals surface area contributed by atoms with Crippen molar-refractivity contribution in [3.63, 3.8) is 0 Å². The molecule has 0 aliphatic carbocycles. The summed E-state index contributed by atoms with van der Waals surface area (Å²) < 4.78 is 18.6. The minimum atomic E-state index is -0.437. The molecule has 0 bridgehead atoms. The fraction of sp³-hybridized carbons (Fsp3) is 0.115. The topological polar surface area (TPSA) is 59.5 Å². The van der Waals surface area contributed by atoms with Crippen LogP contribution < -0.4 is 9.64 Å². The third kappa shape index (κ3) is 4.28. The summed E-state index contributed by atoms with van der Waals surface area (Å²) in [5.74, 6) is 5.39. The van der Waals surface area contributed by atoms with Crippen LogP contribution in [0.15, 0.2) is 66.4 Å². The molecule has 1 amide bonds. The molecule has 0 unspecified atom stereocenters. The highest BCUT2D eigenvalue weighted by Gasteiger charge is 2.32. The molecule has 1 aliphatic heterocycles. The van der Waals surface area contributed by atoms with Gasteiger partial charge < -0.3 is 9.64 Å². The van der Waals surface area contributed by atoms with Gasteiger partial charge in [-0.3, -0.25) is 9.59 Å². The van der Waals surface area contributed by atoms with E-state index >= 15 is 0 Å². The number of carbonyl (C=O) groups excluding carboxylic acids is 2. The van der Waals surface area contributed by atoms with Gasteiger partial charge >= 0.3 is 0 Å². The molecule has 3 aromatic rings. The Morgan fingerprint density at radius 3 is 2.69 bits per heavy atom. The highest BCUT2D eigenvalue weighted by Crippen LogP contribution is 2.31. The van der Waals surface area contributed by atoms with E-state index in [2.05, 4.69) is 16.8 Å². The van der Waals surface area contributed by atoms with Crippen molar-refractivity contribution in [1.82, 2.24) is 4.98 Å². The first-order chi connectivity index (χ1) is 15.5. The Kier molecular flexibility index (Phi) is 5.82. The van der Waals surface area contributed by atoms with Crippen molar-refractivity contribution in [2.75, 3.05) is 19.1 Å². The van der Waals surface area contributed by atoms with E-state index in [0.29, 0.717) is 34.7 Å². The van der Waals surface area contributed by atoms with Gasteiger partial charge in [0.1, 0.15) is 5.82 Å². The molecule has 0 radical (unpaired) electrons. The Hall–Kier alpha value is -4.24. The van der Waals surface area contributed by atoms with Crippen LogP contribution in [0.25, 0.3) is 6.08 Å². The van der Waals surface area contributed by atoms with Crippen molar-refractivity contribution in [3.05, 3.63) is 94.4 Å². The highest BCUT2D eigenvalue weighted by atomic mass is 19.1. The van der Waals surface area contributed by atoms with Gasteiger partial charge in [0.05, 0.1) is 18.4 Å². The van der Waals surface area contributed by atoms with Gasteiger partial charge in [0.2, 0.25) is 11.7 Å². The number of Topliss-reactive ketones (excluding diaryl/α,β-unsaturated/α-hetero) is 1. The Bertz CT molecular complexity index is 1300. The molecule has 1 aliphatic rings. The minimum Gasteiger partial charge on any atom is -0.481 e. The Morgan fingerprint density at radius 1 is 1.12 bits per heavy atom. The van der Waals surface area contributed by atoms with Crippen LogP contribution in [0, 0.1) is 17.7 Å². The zero-order valence-corrected chi connectivity index (χ0v) is 17.6. The molecule has 0 spiro atoms. The van der Waals surface area contributed by atoms with Crippen LogP contribution in [0.2, 0.25) is 0 Å². The number of hydrogen-bond acceptors (Lipinski definition) is 4. The number of benzene rings is 2. The van der Waals surface area contributed by atoms with Gasteiger partial charge in [-0.2, -0.15) is 0 Å². The number of methoxy groups -OCH3 is 1. The van der Waals surface area contributed by atoms with Crippen LogP contribution in [0.5, 0.6) is 5.88 Å². The predicted molar refractivity (Wildman–Crippen MR) is 120 cm³/mol. The maximum Gasteiger partial charge on any atom is 0.262 e. The standard InChI is InChI=1S/C26H19FN2O3/c1-29-23-11-9-17(5-3-6-18-10-12-24(32-2)28-16-18)14-21(23)25(30)22(26(29)31)15-19-7-4-8-20(27)13-19/h4,7-16H,6H2,1-2H3/b22-15-. The SMILES string of the molecule is COc1ccc(CC#Cc2ccc3c(c2)C(=O)/C(=C/c2cccc(F)c2)C(=O)N3C)cn1. The number of amides is 1. The van der Waals surface area contributed by atoms with Crippen LogP contribution in [0.1, 0.15) is 27.0 Å². The average molecular weight is 426 g/mol. The lowest BCUT2D eigenvalue weighted by Gasteiger charge is -2.26. The Morgan fingerprint density at radius 2 is 1.97 bits per heavy atom. The van der Waals surface area contributed by atoms with Crippen molar-refractivity contribution in [1.29, 1.82) is 0 Å². The van der Waals surface area contributed by atoms with Crippen molar-refractivity contribution >= 4 is 23.5 Å². The molecule has 32 heavy (non-hydrogen) atoms. The van der Waals surface area contributed by atoms with Gasteiger partial charge in [-0.25, -0.2) is 9.37 Å². The number of halogens is 1. The van der Waals surface area contributed by atoms with Crippen LogP contribution >= 0.6 is 0 Å². The lowest BCUT2D eigenvalue weighted by molar-refractivity contribution is -0.114. The minimum absolute atomic E-state index is 0.0139. The zero-order valence-electron chi connectivity index (χ0n) is 17.6. The molecular weight excluding hydrogens is 407 g/mol. The largest absolute Gasteiger partial charge is 0.481 e. The van der Waals surface area contributed by atoms with E-state index in [1.165, 1.54) is 29.2 Å². The number of anilines is 1. The molecule has 2 heterocycles. The maximum absolute atomic E-state index is 13.5. The molecule has 0 atom stereocenters. The van der Waals surface area contributed by atoms with E-state index in [0.717, 1.165) is 5.56 Å². The molecule has 0 saturated heterocycles. The van der Waals surface area contributed by atoms with Crippen molar-refractivity contribution < 1.29 is 18.7 Å². The molecule has 5 nitrogen and oxygen atoms in total. The average Bonchev–Trinajstić information content (AvgIpc) is 2.81. The van der Waals surface area contributed by atoms with Gasteiger partial charge in [0, 0.05) is 36.9 Å². The fourth-order valence-electron chi connectivity index (χ4n) is 3.40. The number of ketones is 1. The number of likely N-dealkylation sites (N-methyl/N-ethyl adjacent to an activating group) is 1. The molecular formula is C26H19FN2O3. The van der Waals surface area contributed by atoms with E-state index < -0.39 is 17.5 Å². The molecule has 0 saturated carbocycles. The fourth-order valence-corrected chi connectivity index (χ4v) is 3.40. The Labute approximate surface area is 185 Å². The number of fused-ring (bicyclic) bond motifs is 1. The smallest absolute Gasteiger partial charge is 0.262 e. The summed E-state index contributed by atoms with van der Waals surface area (Å²) in [4.78, 5) is 31.4. The van der Waals surface area contributed by atoms with Gasteiger partial charge in [-0.15, -0.1) is 0 Å². The van der Waals surface area contributed by atoms with E-state index in [4.69, 9.17) is 4.74 Å². The molecule has 4 rings (SSSR count). The lowest BCUT2D eigenvalue weighted by atomic mass is 9.92. The van der Waals surface area contributed by atoms with E-state index in [9.17, 15) is 14.0 Å². The maximum atomic E-state index is 13.5. The molecule has 6 heteroatoms. The number of carbonyl (C=O) groups is 2. The van der Waals surface area contributed by atoms with E-state index in [-0.39, 0.29) is 5.57 Å². The third-order valence-corrected chi connectivity index (χ3v) is 5.07. The number of pyridine rings is 1. The number of aromatic nitrogens is 1. The summed E-state index contributed by atoms with van der Waals surface area (Å²) in [6.45, 7) is 0. The van der Waals surface area contributed by atoms with Gasteiger partial charge in [-0.1, -0.05) is 30.0 Å². The van der Waals surface area contributed by atoms with Crippen LogP contribution in [0.4, 0.5) is 10.1 Å². The Balaban J connectivity index is 1.62. The van der Waals surface area contributed by atoms with Crippen LogP contribution in [-0.2, 0) is 11.2 Å². The quantitative estimate of drug-likeness (QED) is 0.360. The second-order valence-electron chi connectivity index (χ2n) is 7.23. The summed E-state index contributed by atoms with van der Waals surface area (Å²) in [6, 6.07) is 14.6. The first-order valence-electron chi connectivity index (χ1n) is 9.88. The molecule has 2 aromatic carbocycles. The summed E-state index contributed by atoms with van der Waals surface area (Å²) in [5.41, 5.74) is 2.93. The molecule has 1 aromatic heterocycles. The molecule has 0 N–H and O–H groups in total. The number of nitrogens with zero attached hydrogens (tertiary/aromatic N) is 2. The normalized spacial score (nSPS) is 14.1. The van der Waals surface area contributed by atoms with Gasteiger partial charge in [-0.05, 0) is 47.5 Å². The molecule has 0 fully saturated rings. The predicted octanol–water partition coefficient (Wildman–Crippen LogP) is 4.07. The van der Waals surface area contributed by atoms with E-state index in [1.807, 2.05) is 6.07 Å². The first kappa shape index (κ1) is 21.0. The van der Waals surface area contributed by atoms with Crippen molar-refractivity contribution in [3.8, 4) is 17.7 Å². The number of rotatable bonds is 3. The summed E-state index contributed by atoms with van der Waals surface area (Å²) >= 11 is 0. The summed E-state index contributed by atoms with van der Waals surface area (Å²) in [6.07, 6.45) is 3.61. The third-order valence-electron chi connectivity index (χ3n) is 5.07. The van der Waals surface area contributed by atoms with Gasteiger partial charge in [0.15, 0.2) is 0 Å². The number of hydrogen-bond donors (Lipinski definition) is 0.